The second-order valence-corrected chi connectivity index (χ2v) is 6.00. The van der Waals surface area contributed by atoms with Crippen molar-refractivity contribution >= 4 is 5.91 Å². The molecule has 8 heteroatoms. The average Bonchev–Trinajstić information content (AvgIpc) is 3.02. The highest BCUT2D eigenvalue weighted by atomic mass is 16.1. The monoisotopic (exact) mass is 291 g/mol. The lowest BCUT2D eigenvalue weighted by Crippen LogP contribution is -2.24. The summed E-state index contributed by atoms with van der Waals surface area (Å²) in [7, 11) is 0. The van der Waals surface area contributed by atoms with Gasteiger partial charge in [-0.3, -0.25) is 9.89 Å². The molecule has 8 nitrogen and oxygen atoms in total. The Labute approximate surface area is 123 Å². The quantitative estimate of drug-likeness (QED) is 0.844. The molecule has 21 heavy (non-hydrogen) atoms. The van der Waals surface area contributed by atoms with E-state index in [2.05, 4.69) is 51.8 Å². The Bertz CT molecular complexity index is 608. The first-order valence-corrected chi connectivity index (χ1v) is 6.90. The van der Waals surface area contributed by atoms with E-state index in [9.17, 15) is 4.79 Å². The van der Waals surface area contributed by atoms with Crippen molar-refractivity contribution in [2.45, 2.75) is 52.6 Å². The van der Waals surface area contributed by atoms with Gasteiger partial charge < -0.3 is 5.32 Å². The van der Waals surface area contributed by atoms with E-state index in [1.165, 1.54) is 0 Å². The normalized spacial score (nSPS) is 11.6. The van der Waals surface area contributed by atoms with E-state index >= 15 is 0 Å². The minimum atomic E-state index is -0.0446. The number of hydrogen-bond donors (Lipinski definition) is 2. The molecule has 0 aliphatic heterocycles. The van der Waals surface area contributed by atoms with Crippen LogP contribution in [0.25, 0.3) is 0 Å². The molecule has 0 saturated heterocycles. The van der Waals surface area contributed by atoms with Gasteiger partial charge in [0.25, 0.3) is 0 Å². The number of aryl methyl sites for hydroxylation is 2. The lowest BCUT2D eigenvalue weighted by atomic mass is 9.92. The SMILES string of the molecule is Cc1nnnn1CCC(=O)NCc1cc(C(C)(C)C)n[nH]1. The van der Waals surface area contributed by atoms with Gasteiger partial charge in [-0.2, -0.15) is 5.10 Å². The number of carbonyl (C=O) groups excluding carboxylic acids is 1. The van der Waals surface area contributed by atoms with E-state index in [4.69, 9.17) is 0 Å². The van der Waals surface area contributed by atoms with Gasteiger partial charge in [-0.15, -0.1) is 5.10 Å². The summed E-state index contributed by atoms with van der Waals surface area (Å²) < 4.78 is 1.60. The van der Waals surface area contributed by atoms with E-state index in [0.717, 1.165) is 11.4 Å². The highest BCUT2D eigenvalue weighted by molar-refractivity contribution is 5.75. The highest BCUT2D eigenvalue weighted by Crippen LogP contribution is 2.20. The summed E-state index contributed by atoms with van der Waals surface area (Å²) in [6.45, 7) is 9.01. The van der Waals surface area contributed by atoms with Gasteiger partial charge in [0.2, 0.25) is 5.91 Å². The number of carbonyl (C=O) groups is 1. The summed E-state index contributed by atoms with van der Waals surface area (Å²) in [5, 5.41) is 21.2. The molecule has 114 valence electrons. The van der Waals surface area contributed by atoms with Crippen LogP contribution >= 0.6 is 0 Å². The summed E-state index contributed by atoms with van der Waals surface area (Å²) in [5.74, 6) is 0.656. The topological polar surface area (TPSA) is 101 Å². The summed E-state index contributed by atoms with van der Waals surface area (Å²) >= 11 is 0. The highest BCUT2D eigenvalue weighted by Gasteiger charge is 2.17. The molecule has 0 spiro atoms. The second-order valence-electron chi connectivity index (χ2n) is 6.00. The first-order chi connectivity index (χ1) is 9.86. The lowest BCUT2D eigenvalue weighted by molar-refractivity contribution is -0.121. The van der Waals surface area contributed by atoms with Crippen molar-refractivity contribution in [3.05, 3.63) is 23.3 Å². The van der Waals surface area contributed by atoms with Gasteiger partial charge in [0, 0.05) is 11.8 Å². The fraction of sp³-hybridized carbons (Fsp3) is 0.615. The molecule has 0 aliphatic rings. The Morgan fingerprint density at radius 3 is 2.76 bits per heavy atom. The standard InChI is InChI=1S/C13H21N7O/c1-9-15-18-19-20(9)6-5-12(21)14-8-10-7-11(17-16-10)13(2,3)4/h7H,5-6,8H2,1-4H3,(H,14,21)(H,16,17). The molecule has 2 heterocycles. The Morgan fingerprint density at radius 2 is 2.19 bits per heavy atom. The van der Waals surface area contributed by atoms with E-state index in [-0.39, 0.29) is 11.3 Å². The van der Waals surface area contributed by atoms with Crippen molar-refractivity contribution in [3.8, 4) is 0 Å². The van der Waals surface area contributed by atoms with E-state index in [0.29, 0.717) is 25.3 Å². The van der Waals surface area contributed by atoms with Crippen LogP contribution < -0.4 is 5.32 Å². The molecule has 2 N–H and O–H groups in total. The zero-order valence-electron chi connectivity index (χ0n) is 12.8. The van der Waals surface area contributed by atoms with Crippen LogP contribution in [0.3, 0.4) is 0 Å². The van der Waals surface area contributed by atoms with Gasteiger partial charge >= 0.3 is 0 Å². The fourth-order valence-corrected chi connectivity index (χ4v) is 1.78. The van der Waals surface area contributed by atoms with Crippen molar-refractivity contribution in [1.82, 2.24) is 35.7 Å². The Morgan fingerprint density at radius 1 is 1.43 bits per heavy atom. The minimum absolute atomic E-state index is 0.00359. The maximum Gasteiger partial charge on any atom is 0.222 e. The van der Waals surface area contributed by atoms with Crippen molar-refractivity contribution in [2.24, 2.45) is 0 Å². The van der Waals surface area contributed by atoms with Crippen LogP contribution in [-0.2, 0) is 23.3 Å². The largest absolute Gasteiger partial charge is 0.350 e. The van der Waals surface area contributed by atoms with Crippen LogP contribution in [0.2, 0.25) is 0 Å². The maximum atomic E-state index is 11.8. The molecule has 2 rings (SSSR count). The van der Waals surface area contributed by atoms with Gasteiger partial charge in [-0.05, 0) is 23.4 Å². The molecule has 2 aromatic heterocycles. The Kier molecular flexibility index (Phi) is 4.35. The molecule has 1 amide bonds. The number of tetrazole rings is 1. The number of hydrogen-bond acceptors (Lipinski definition) is 5. The van der Waals surface area contributed by atoms with Crippen molar-refractivity contribution < 1.29 is 4.79 Å². The molecular formula is C13H21N7O. The number of aromatic amines is 1. The molecule has 0 saturated carbocycles. The van der Waals surface area contributed by atoms with E-state index in [1.54, 1.807) is 11.6 Å². The van der Waals surface area contributed by atoms with Crippen molar-refractivity contribution in [2.75, 3.05) is 0 Å². The fourth-order valence-electron chi connectivity index (χ4n) is 1.78. The van der Waals surface area contributed by atoms with Crippen LogP contribution in [0.15, 0.2) is 6.07 Å². The lowest BCUT2D eigenvalue weighted by Gasteiger charge is -2.13. The van der Waals surface area contributed by atoms with E-state index < -0.39 is 0 Å². The first-order valence-electron chi connectivity index (χ1n) is 6.90. The number of H-pyrrole nitrogens is 1. The molecule has 0 bridgehead atoms. The summed E-state index contributed by atoms with van der Waals surface area (Å²) in [6, 6.07) is 1.98. The van der Waals surface area contributed by atoms with Crippen molar-refractivity contribution in [1.29, 1.82) is 0 Å². The Hall–Kier alpha value is -2.25. The van der Waals surface area contributed by atoms with Gasteiger partial charge in [0.1, 0.15) is 5.82 Å². The summed E-state index contributed by atoms with van der Waals surface area (Å²) in [6.07, 6.45) is 0.339. The van der Waals surface area contributed by atoms with Gasteiger partial charge in [0.15, 0.2) is 0 Å². The van der Waals surface area contributed by atoms with E-state index in [1.807, 2.05) is 6.07 Å². The number of nitrogens with one attached hydrogen (secondary N) is 2. The van der Waals surface area contributed by atoms with Gasteiger partial charge in [-0.25, -0.2) is 4.68 Å². The Balaban J connectivity index is 1.79. The third-order valence-corrected chi connectivity index (χ3v) is 3.14. The number of aromatic nitrogens is 6. The summed E-state index contributed by atoms with van der Waals surface area (Å²) in [5.41, 5.74) is 1.87. The average molecular weight is 291 g/mol. The third-order valence-electron chi connectivity index (χ3n) is 3.14. The molecule has 0 aromatic carbocycles. The minimum Gasteiger partial charge on any atom is -0.350 e. The number of amides is 1. The summed E-state index contributed by atoms with van der Waals surface area (Å²) in [4.78, 5) is 11.8. The molecule has 2 aromatic rings. The predicted octanol–water partition coefficient (Wildman–Crippen LogP) is 0.709. The molecule has 0 fully saturated rings. The molecule has 0 unspecified atom stereocenters. The zero-order chi connectivity index (χ0) is 15.5. The molecule has 0 radical (unpaired) electrons. The smallest absolute Gasteiger partial charge is 0.222 e. The third kappa shape index (κ3) is 4.11. The number of nitrogens with zero attached hydrogens (tertiary/aromatic N) is 5. The predicted molar refractivity (Wildman–Crippen MR) is 76.3 cm³/mol. The first kappa shape index (κ1) is 15.1. The van der Waals surface area contributed by atoms with Crippen LogP contribution in [0, 0.1) is 6.92 Å². The van der Waals surface area contributed by atoms with Crippen LogP contribution in [0.5, 0.6) is 0 Å². The van der Waals surface area contributed by atoms with Gasteiger partial charge in [-0.1, -0.05) is 20.8 Å². The van der Waals surface area contributed by atoms with Crippen LogP contribution in [0.4, 0.5) is 0 Å². The molecule has 0 aliphatic carbocycles. The van der Waals surface area contributed by atoms with Crippen molar-refractivity contribution in [3.63, 3.8) is 0 Å². The zero-order valence-corrected chi connectivity index (χ0v) is 12.8. The molecule has 0 atom stereocenters. The van der Waals surface area contributed by atoms with Crippen LogP contribution in [-0.4, -0.2) is 36.3 Å². The molecular weight excluding hydrogens is 270 g/mol. The second kappa shape index (κ2) is 6.02. The van der Waals surface area contributed by atoms with Crippen LogP contribution in [0.1, 0.15) is 44.4 Å². The van der Waals surface area contributed by atoms with Gasteiger partial charge in [0.05, 0.1) is 24.5 Å². The number of rotatable bonds is 5. The maximum absolute atomic E-state index is 11.8.